The Bertz CT molecular complexity index is 1550. The summed E-state index contributed by atoms with van der Waals surface area (Å²) >= 11 is 1.16. The van der Waals surface area contributed by atoms with E-state index in [1.807, 2.05) is 30.3 Å². The van der Waals surface area contributed by atoms with Gasteiger partial charge in [-0.2, -0.15) is 18.2 Å². The summed E-state index contributed by atoms with van der Waals surface area (Å²) in [5, 5.41) is 15.5. The number of hydrazone groups is 1. The topological polar surface area (TPSA) is 138 Å². The number of ether oxygens (including phenoxy) is 1. The average Bonchev–Trinajstić information content (AvgIpc) is 3.38. The number of amides is 1. The monoisotopic (exact) mass is 556 g/mol. The number of hydrogen-bond donors (Lipinski definition) is 1. The molecule has 0 spiro atoms. The Balaban J connectivity index is 1.38. The van der Waals surface area contributed by atoms with Crippen LogP contribution in [0.15, 0.2) is 87.9 Å². The van der Waals surface area contributed by atoms with E-state index in [0.29, 0.717) is 10.7 Å². The molecule has 3 aromatic carbocycles. The van der Waals surface area contributed by atoms with Crippen LogP contribution in [0.3, 0.4) is 0 Å². The second-order valence-corrected chi connectivity index (χ2v) is 10.5. The highest BCUT2D eigenvalue weighted by Gasteiger charge is 2.20. The fourth-order valence-corrected chi connectivity index (χ4v) is 4.80. The van der Waals surface area contributed by atoms with Crippen LogP contribution in [0.25, 0.3) is 5.69 Å². The van der Waals surface area contributed by atoms with E-state index in [-0.39, 0.29) is 22.3 Å². The highest BCUT2D eigenvalue weighted by Crippen LogP contribution is 2.30. The fraction of sp³-hybridized carbons (Fsp3) is 0.125. The van der Waals surface area contributed by atoms with Crippen molar-refractivity contribution in [3.05, 3.63) is 84.2 Å². The maximum Gasteiger partial charge on any atom is 0.339 e. The lowest BCUT2D eigenvalue weighted by Crippen LogP contribution is -2.27. The van der Waals surface area contributed by atoms with E-state index in [1.54, 1.807) is 6.92 Å². The van der Waals surface area contributed by atoms with E-state index in [2.05, 4.69) is 26.1 Å². The second kappa shape index (κ2) is 11.8. The van der Waals surface area contributed by atoms with Crippen molar-refractivity contribution >= 4 is 34.0 Å². The number of nitrogens with zero attached hydrogens (tertiary/aromatic N) is 5. The minimum absolute atomic E-state index is 0.0702. The van der Waals surface area contributed by atoms with Crippen molar-refractivity contribution in [2.45, 2.75) is 22.2 Å². The Morgan fingerprint density at radius 2 is 1.84 bits per heavy atom. The number of nitrogens with one attached hydrogen (secondary N) is 1. The first-order valence-corrected chi connectivity index (χ1v) is 13.3. The highest BCUT2D eigenvalue weighted by atomic mass is 32.2. The number of thioether (sulfide) groups is 1. The van der Waals surface area contributed by atoms with Gasteiger partial charge in [-0.25, -0.2) is 9.82 Å². The molecule has 14 heteroatoms. The predicted octanol–water partition coefficient (Wildman–Crippen LogP) is 3.21. The first-order valence-electron chi connectivity index (χ1n) is 11.0. The van der Waals surface area contributed by atoms with Crippen molar-refractivity contribution in [2.75, 3.05) is 7.11 Å². The maximum absolute atomic E-state index is 13.1. The number of aromatic nitrogens is 4. The first kappa shape index (κ1) is 26.8. The molecule has 4 aromatic rings. The van der Waals surface area contributed by atoms with E-state index in [4.69, 9.17) is 8.92 Å². The third-order valence-electron chi connectivity index (χ3n) is 4.97. The van der Waals surface area contributed by atoms with Crippen molar-refractivity contribution in [1.29, 1.82) is 0 Å². The Hall–Kier alpha value is -4.30. The van der Waals surface area contributed by atoms with Crippen molar-refractivity contribution < 1.29 is 26.5 Å². The standard InChI is InChI=1S/C24H21FN6O5S2/c1-16(37-24-28-29-30-31(24)19-6-4-3-5-7-19)23(32)27-26-15-17-8-13-21(22(14-17)35-2)36-38(33,34)20-11-9-18(25)10-12-20/h3-16H,1-2H3,(H,27,32). The summed E-state index contributed by atoms with van der Waals surface area (Å²) in [7, 11) is -2.87. The predicted molar refractivity (Wildman–Crippen MR) is 137 cm³/mol. The second-order valence-electron chi connectivity index (χ2n) is 7.60. The molecule has 0 saturated heterocycles. The zero-order chi connectivity index (χ0) is 27.1. The number of halogens is 1. The van der Waals surface area contributed by atoms with Crippen molar-refractivity contribution in [2.24, 2.45) is 5.10 Å². The van der Waals surface area contributed by atoms with Gasteiger partial charge in [0.2, 0.25) is 5.16 Å². The van der Waals surface area contributed by atoms with Crippen LogP contribution in [0.4, 0.5) is 4.39 Å². The van der Waals surface area contributed by atoms with E-state index >= 15 is 0 Å². The minimum Gasteiger partial charge on any atom is -0.493 e. The van der Waals surface area contributed by atoms with Gasteiger partial charge in [-0.15, -0.1) is 5.10 Å². The zero-order valence-corrected chi connectivity index (χ0v) is 21.7. The molecule has 0 aliphatic carbocycles. The minimum atomic E-state index is -4.21. The summed E-state index contributed by atoms with van der Waals surface area (Å²) in [5.74, 6) is -0.911. The van der Waals surface area contributed by atoms with Gasteiger partial charge in [-0.3, -0.25) is 4.79 Å². The highest BCUT2D eigenvalue weighted by molar-refractivity contribution is 8.00. The van der Waals surface area contributed by atoms with E-state index in [1.165, 1.54) is 36.2 Å². The number of tetrazole rings is 1. The number of carbonyl (C=O) groups is 1. The Morgan fingerprint density at radius 3 is 2.55 bits per heavy atom. The van der Waals surface area contributed by atoms with Crippen LogP contribution in [0.1, 0.15) is 12.5 Å². The van der Waals surface area contributed by atoms with E-state index in [9.17, 15) is 17.6 Å². The summed E-state index contributed by atoms with van der Waals surface area (Å²) in [6.07, 6.45) is 1.37. The smallest absolute Gasteiger partial charge is 0.339 e. The maximum atomic E-state index is 13.1. The first-order chi connectivity index (χ1) is 18.3. The van der Waals surface area contributed by atoms with E-state index in [0.717, 1.165) is 41.7 Å². The summed E-state index contributed by atoms with van der Waals surface area (Å²) in [6.45, 7) is 1.69. The molecule has 0 radical (unpaired) electrons. The normalized spacial score (nSPS) is 12.3. The number of hydrogen-bond acceptors (Lipinski definition) is 10. The average molecular weight is 557 g/mol. The molecule has 1 atom stereocenters. The number of para-hydroxylation sites is 1. The molecule has 1 N–H and O–H groups in total. The van der Waals surface area contributed by atoms with Crippen LogP contribution in [0.5, 0.6) is 11.5 Å². The van der Waals surface area contributed by atoms with Crippen LogP contribution in [0, 0.1) is 5.82 Å². The lowest BCUT2D eigenvalue weighted by molar-refractivity contribution is -0.120. The number of methoxy groups -OCH3 is 1. The number of carbonyl (C=O) groups excluding carboxylic acids is 1. The molecule has 1 unspecified atom stereocenters. The molecule has 4 rings (SSSR count). The van der Waals surface area contributed by atoms with Crippen LogP contribution >= 0.6 is 11.8 Å². The third-order valence-corrected chi connectivity index (χ3v) is 7.25. The zero-order valence-electron chi connectivity index (χ0n) is 20.1. The Kier molecular flexibility index (Phi) is 8.33. The van der Waals surface area contributed by atoms with Crippen LogP contribution in [-0.2, 0) is 14.9 Å². The largest absolute Gasteiger partial charge is 0.493 e. The fourth-order valence-electron chi connectivity index (χ4n) is 3.06. The van der Waals surface area contributed by atoms with Gasteiger partial charge in [0, 0.05) is 0 Å². The molecule has 0 bridgehead atoms. The van der Waals surface area contributed by atoms with Gasteiger partial charge in [0.25, 0.3) is 5.91 Å². The number of rotatable bonds is 10. The van der Waals surface area contributed by atoms with Gasteiger partial charge in [-0.05, 0) is 77.5 Å². The third kappa shape index (κ3) is 6.52. The lowest BCUT2D eigenvalue weighted by Gasteiger charge is -2.11. The van der Waals surface area contributed by atoms with Gasteiger partial charge in [0.05, 0.1) is 24.3 Å². The summed E-state index contributed by atoms with van der Waals surface area (Å²) in [6, 6.07) is 17.9. The van der Waals surface area contributed by atoms with Crippen molar-refractivity contribution in [3.63, 3.8) is 0 Å². The van der Waals surface area contributed by atoms with Gasteiger partial charge in [-0.1, -0.05) is 30.0 Å². The van der Waals surface area contributed by atoms with E-state index < -0.39 is 21.2 Å². The van der Waals surface area contributed by atoms with Gasteiger partial charge >= 0.3 is 10.1 Å². The molecule has 0 saturated carbocycles. The number of benzene rings is 3. The van der Waals surface area contributed by atoms with Crippen LogP contribution in [0.2, 0.25) is 0 Å². The molecular formula is C24H21FN6O5S2. The van der Waals surface area contributed by atoms with Gasteiger partial charge in [0.15, 0.2) is 11.5 Å². The molecule has 11 nitrogen and oxygen atoms in total. The molecule has 1 amide bonds. The molecule has 0 aliphatic rings. The molecule has 0 aliphatic heterocycles. The summed E-state index contributed by atoms with van der Waals surface area (Å²) in [5.41, 5.74) is 3.72. The lowest BCUT2D eigenvalue weighted by atomic mass is 10.2. The Morgan fingerprint density at radius 1 is 1.11 bits per heavy atom. The van der Waals surface area contributed by atoms with Crippen molar-refractivity contribution in [1.82, 2.24) is 25.6 Å². The van der Waals surface area contributed by atoms with Crippen LogP contribution in [-0.4, -0.2) is 53.1 Å². The molecule has 196 valence electrons. The quantitative estimate of drug-likeness (QED) is 0.135. The summed E-state index contributed by atoms with van der Waals surface area (Å²) < 4.78 is 50.1. The molecule has 1 heterocycles. The van der Waals surface area contributed by atoms with Crippen LogP contribution < -0.4 is 14.3 Å². The molecule has 0 fully saturated rings. The molecule has 1 aromatic heterocycles. The van der Waals surface area contributed by atoms with Crippen molar-refractivity contribution in [3.8, 4) is 17.2 Å². The summed E-state index contributed by atoms with van der Waals surface area (Å²) in [4.78, 5) is 12.3. The molecule has 38 heavy (non-hydrogen) atoms. The Labute approximate surface area is 221 Å². The van der Waals surface area contributed by atoms with Gasteiger partial charge < -0.3 is 8.92 Å². The van der Waals surface area contributed by atoms with Gasteiger partial charge in [0.1, 0.15) is 10.7 Å². The molecular weight excluding hydrogens is 535 g/mol. The SMILES string of the molecule is COc1cc(C=NNC(=O)C(C)Sc2nnnn2-c2ccccc2)ccc1OS(=O)(=O)c1ccc(F)cc1.